The maximum atomic E-state index is 15.7. The lowest BCUT2D eigenvalue weighted by Gasteiger charge is -2.17. The van der Waals surface area contributed by atoms with Crippen LogP contribution in [-0.4, -0.2) is 41.0 Å². The largest absolute Gasteiger partial charge is 0.573 e. The number of aromatic nitrogens is 3. The van der Waals surface area contributed by atoms with E-state index in [4.69, 9.17) is 9.47 Å². The molecule has 0 bridgehead atoms. The van der Waals surface area contributed by atoms with Crippen molar-refractivity contribution < 1.29 is 41.0 Å². The molecule has 0 atom stereocenters. The molecule has 0 fully saturated rings. The van der Waals surface area contributed by atoms with E-state index in [-0.39, 0.29) is 13.2 Å². The fourth-order valence-corrected chi connectivity index (χ4v) is 3.80. The van der Waals surface area contributed by atoms with Gasteiger partial charge in [0.25, 0.3) is 0 Å². The average Bonchev–Trinajstić information content (AvgIpc) is 3.33. The number of methoxy groups -OCH3 is 1. The van der Waals surface area contributed by atoms with Gasteiger partial charge in [0.2, 0.25) is 0 Å². The fraction of sp³-hybridized carbons (Fsp3) is 0.222. The van der Waals surface area contributed by atoms with Crippen LogP contribution < -0.4 is 9.47 Å². The molecule has 1 heterocycles. The van der Waals surface area contributed by atoms with E-state index in [0.717, 1.165) is 28.9 Å². The van der Waals surface area contributed by atoms with Crippen molar-refractivity contribution in [2.45, 2.75) is 25.8 Å². The van der Waals surface area contributed by atoms with Gasteiger partial charge in [-0.2, -0.15) is 8.78 Å². The first-order valence-electron chi connectivity index (χ1n) is 11.6. The highest BCUT2D eigenvalue weighted by atomic mass is 19.4. The van der Waals surface area contributed by atoms with Crippen LogP contribution in [0.3, 0.4) is 0 Å². The van der Waals surface area contributed by atoms with Crippen molar-refractivity contribution in [3.8, 4) is 22.6 Å². The van der Waals surface area contributed by atoms with E-state index in [1.165, 1.54) is 31.4 Å². The number of hydrogen-bond acceptors (Lipinski definition) is 6. The number of ether oxygens (including phenoxy) is 3. The van der Waals surface area contributed by atoms with Crippen molar-refractivity contribution in [3.63, 3.8) is 0 Å². The average molecular weight is 547 g/mol. The van der Waals surface area contributed by atoms with Crippen LogP contribution in [0.1, 0.15) is 34.2 Å². The molecule has 3 aromatic carbocycles. The van der Waals surface area contributed by atoms with Gasteiger partial charge >= 0.3 is 18.3 Å². The third-order valence-electron chi connectivity index (χ3n) is 5.66. The minimum Gasteiger partial charge on any atom is -0.497 e. The summed E-state index contributed by atoms with van der Waals surface area (Å²) in [7, 11) is 1.51. The van der Waals surface area contributed by atoms with Gasteiger partial charge in [0.05, 0.1) is 20.3 Å². The molecule has 1 aromatic heterocycles. The van der Waals surface area contributed by atoms with E-state index in [2.05, 4.69) is 15.0 Å². The summed E-state index contributed by atoms with van der Waals surface area (Å²) in [6.07, 6.45) is -4.83. The summed E-state index contributed by atoms with van der Waals surface area (Å²) in [5.41, 5.74) is -0.195. The molecule has 0 spiro atoms. The molecule has 12 heteroatoms. The van der Waals surface area contributed by atoms with E-state index in [9.17, 15) is 18.0 Å². The number of rotatable bonds is 9. The second-order valence-corrected chi connectivity index (χ2v) is 8.24. The molecule has 204 valence electrons. The second-order valence-electron chi connectivity index (χ2n) is 8.24. The van der Waals surface area contributed by atoms with E-state index < -0.39 is 41.0 Å². The van der Waals surface area contributed by atoms with Gasteiger partial charge in [-0.15, -0.1) is 18.3 Å². The Bertz CT molecular complexity index is 1420. The number of nitrogens with zero attached hydrogens (tertiary/aromatic N) is 3. The molecule has 7 nitrogen and oxygen atoms in total. The maximum Gasteiger partial charge on any atom is 0.573 e. The van der Waals surface area contributed by atoms with Crippen molar-refractivity contribution in [1.82, 2.24) is 15.0 Å². The van der Waals surface area contributed by atoms with Gasteiger partial charge in [-0.05, 0) is 47.9 Å². The van der Waals surface area contributed by atoms with Crippen LogP contribution >= 0.6 is 0 Å². The van der Waals surface area contributed by atoms with Crippen LogP contribution in [0.25, 0.3) is 11.1 Å². The Morgan fingerprint density at radius 1 is 0.846 bits per heavy atom. The zero-order chi connectivity index (χ0) is 28.2. The van der Waals surface area contributed by atoms with Crippen LogP contribution in [0.15, 0.2) is 72.8 Å². The first-order chi connectivity index (χ1) is 18.5. The molecular formula is C27H22F5N3O4. The van der Waals surface area contributed by atoms with Gasteiger partial charge in [0.1, 0.15) is 11.5 Å². The lowest BCUT2D eigenvalue weighted by atomic mass is 9.99. The molecule has 0 saturated carbocycles. The normalized spacial score (nSPS) is 11.8. The minimum atomic E-state index is -4.83. The Labute approximate surface area is 219 Å². The third kappa shape index (κ3) is 6.33. The monoisotopic (exact) mass is 547 g/mol. The molecule has 0 aliphatic carbocycles. The van der Waals surface area contributed by atoms with Gasteiger partial charge in [0.15, 0.2) is 11.4 Å². The molecule has 4 aromatic rings. The number of carbonyl (C=O) groups is 1. The Kier molecular flexibility index (Phi) is 7.84. The first-order valence-corrected chi connectivity index (χ1v) is 11.6. The topological polar surface area (TPSA) is 75.5 Å². The summed E-state index contributed by atoms with van der Waals surface area (Å²) < 4.78 is 83.5. The Morgan fingerprint density at radius 2 is 1.41 bits per heavy atom. The fourth-order valence-electron chi connectivity index (χ4n) is 3.80. The van der Waals surface area contributed by atoms with E-state index in [0.29, 0.717) is 22.4 Å². The summed E-state index contributed by atoms with van der Waals surface area (Å²) in [6.45, 7) is 1.49. The number of hydrogen-bond donors (Lipinski definition) is 0. The summed E-state index contributed by atoms with van der Waals surface area (Å²) in [5.74, 6) is -4.52. The number of carbonyl (C=O) groups excluding carboxylic acids is 1. The van der Waals surface area contributed by atoms with Crippen molar-refractivity contribution in [2.75, 3.05) is 13.7 Å². The van der Waals surface area contributed by atoms with Gasteiger partial charge < -0.3 is 14.2 Å². The minimum absolute atomic E-state index is 0.0196. The van der Waals surface area contributed by atoms with E-state index >= 15 is 8.78 Å². The van der Waals surface area contributed by atoms with Gasteiger partial charge in [-0.3, -0.25) is 0 Å². The molecule has 0 N–H and O–H groups in total. The Balaban J connectivity index is 1.62. The second kappa shape index (κ2) is 11.1. The Hall–Kier alpha value is -4.48. The van der Waals surface area contributed by atoms with Crippen molar-refractivity contribution in [2.24, 2.45) is 0 Å². The first kappa shape index (κ1) is 27.6. The SMILES string of the molecule is CCOC(=O)c1c(C(F)(F)c2ccc(-c3ccc(OC(F)(F)F)cc3)cc2)nnn1Cc1ccc(OC)cc1. The summed E-state index contributed by atoms with van der Waals surface area (Å²) >= 11 is 0. The summed E-state index contributed by atoms with van der Waals surface area (Å²) in [5, 5.41) is 7.46. The summed E-state index contributed by atoms with van der Waals surface area (Å²) in [4.78, 5) is 12.7. The molecule has 4 rings (SSSR count). The summed E-state index contributed by atoms with van der Waals surface area (Å²) in [6, 6.07) is 16.8. The molecule has 0 radical (unpaired) electrons. The van der Waals surface area contributed by atoms with Gasteiger partial charge in [0, 0.05) is 5.56 Å². The highest BCUT2D eigenvalue weighted by Crippen LogP contribution is 2.38. The molecule has 0 amide bonds. The van der Waals surface area contributed by atoms with E-state index in [1.54, 1.807) is 31.2 Å². The molecule has 0 aliphatic rings. The number of esters is 1. The number of halogens is 5. The van der Waals surface area contributed by atoms with Crippen molar-refractivity contribution >= 4 is 5.97 Å². The smallest absolute Gasteiger partial charge is 0.497 e. The van der Waals surface area contributed by atoms with Crippen molar-refractivity contribution in [3.05, 3.63) is 95.3 Å². The van der Waals surface area contributed by atoms with Crippen LogP contribution in [0.4, 0.5) is 22.0 Å². The lowest BCUT2D eigenvalue weighted by Crippen LogP contribution is -2.23. The lowest BCUT2D eigenvalue weighted by molar-refractivity contribution is -0.274. The maximum absolute atomic E-state index is 15.7. The number of alkyl halides is 5. The van der Waals surface area contributed by atoms with Crippen LogP contribution in [0.2, 0.25) is 0 Å². The van der Waals surface area contributed by atoms with Gasteiger partial charge in [-0.25, -0.2) is 9.48 Å². The zero-order valence-electron chi connectivity index (χ0n) is 20.7. The molecule has 0 aliphatic heterocycles. The predicted octanol–water partition coefficient (Wildman–Crippen LogP) is 6.22. The Morgan fingerprint density at radius 3 is 1.95 bits per heavy atom. The highest BCUT2D eigenvalue weighted by Gasteiger charge is 2.43. The third-order valence-corrected chi connectivity index (χ3v) is 5.66. The van der Waals surface area contributed by atoms with Crippen LogP contribution in [0.5, 0.6) is 11.5 Å². The molecule has 0 unspecified atom stereocenters. The van der Waals surface area contributed by atoms with Crippen molar-refractivity contribution in [1.29, 1.82) is 0 Å². The van der Waals surface area contributed by atoms with Gasteiger partial charge in [-0.1, -0.05) is 53.7 Å². The standard InChI is InChI=1S/C27H22F5N3O4/c1-3-38-25(36)23-24(33-34-35(23)16-17-4-12-21(37-2)13-5-17)26(28,29)20-10-6-18(7-11-20)19-8-14-22(15-9-19)39-27(30,31)32/h4-15H,3,16H2,1-2H3. The quantitative estimate of drug-likeness (QED) is 0.183. The molecule has 39 heavy (non-hydrogen) atoms. The number of benzene rings is 3. The van der Waals surface area contributed by atoms with Crippen LogP contribution in [0, 0.1) is 0 Å². The van der Waals surface area contributed by atoms with E-state index in [1.807, 2.05) is 0 Å². The predicted molar refractivity (Wildman–Crippen MR) is 130 cm³/mol. The highest BCUT2D eigenvalue weighted by molar-refractivity contribution is 5.89. The van der Waals surface area contributed by atoms with Crippen LogP contribution in [-0.2, 0) is 17.2 Å². The molecular weight excluding hydrogens is 525 g/mol. The molecule has 0 saturated heterocycles. The zero-order valence-corrected chi connectivity index (χ0v) is 20.7.